The van der Waals surface area contributed by atoms with Crippen LogP contribution in [0.4, 0.5) is 10.5 Å². The van der Waals surface area contributed by atoms with Crippen molar-refractivity contribution in [1.82, 2.24) is 4.90 Å². The summed E-state index contributed by atoms with van der Waals surface area (Å²) in [5.74, 6) is -0.132. The van der Waals surface area contributed by atoms with Gasteiger partial charge in [-0.3, -0.25) is 10.1 Å². The summed E-state index contributed by atoms with van der Waals surface area (Å²) >= 11 is 1.66. The molecular formula is C44H53N3O10S. The number of carbonyl (C=O) groups excluding carboxylic acids is 1. The summed E-state index contributed by atoms with van der Waals surface area (Å²) in [4.78, 5) is 32.9. The van der Waals surface area contributed by atoms with E-state index in [-0.39, 0.29) is 56.3 Å². The van der Waals surface area contributed by atoms with Gasteiger partial charge >= 0.3 is 6.09 Å². The number of amides is 1. The molecule has 0 saturated heterocycles. The topological polar surface area (TPSA) is 162 Å². The molecule has 0 unspecified atom stereocenters. The third-order valence-corrected chi connectivity index (χ3v) is 12.2. The van der Waals surface area contributed by atoms with E-state index < -0.39 is 28.8 Å². The third kappa shape index (κ3) is 9.20. The SMILES string of the molecule is C=CCO[C@@]12Oc3ccc(Oc4ccc(SC)cc4)cc3[C@H]3[C@H](CCCCO)[C@@H](CCCCO)C=C(C(=NOCc4ccc([N+](=O)[O-])cc4)C[C@@H]1N(C)C(=O)OC)[C@H]32. The van der Waals surface area contributed by atoms with Gasteiger partial charge in [0.25, 0.3) is 5.69 Å². The summed E-state index contributed by atoms with van der Waals surface area (Å²) in [5, 5.41) is 35.7. The van der Waals surface area contributed by atoms with Gasteiger partial charge in [0.05, 0.1) is 30.3 Å². The molecular weight excluding hydrogens is 763 g/mol. The van der Waals surface area contributed by atoms with Crippen LogP contribution in [0.25, 0.3) is 0 Å². The monoisotopic (exact) mass is 815 g/mol. The Bertz CT molecular complexity index is 1960. The fourth-order valence-electron chi connectivity index (χ4n) is 8.74. The quantitative estimate of drug-likeness (QED) is 0.0392. The number of nitro groups is 1. The Morgan fingerprint density at radius 2 is 1.76 bits per heavy atom. The maximum absolute atomic E-state index is 13.4. The van der Waals surface area contributed by atoms with Crippen LogP contribution in [-0.4, -0.2) is 83.9 Å². The van der Waals surface area contributed by atoms with Crippen LogP contribution in [0.3, 0.4) is 0 Å². The first-order valence-electron chi connectivity index (χ1n) is 19.7. The van der Waals surface area contributed by atoms with Crippen LogP contribution in [0, 0.1) is 27.9 Å². The van der Waals surface area contributed by atoms with Crippen molar-refractivity contribution in [3.05, 3.63) is 112 Å². The van der Waals surface area contributed by atoms with Crippen molar-refractivity contribution in [2.45, 2.75) is 74.2 Å². The van der Waals surface area contributed by atoms with Crippen molar-refractivity contribution in [3.8, 4) is 17.2 Å². The van der Waals surface area contributed by atoms with Crippen molar-refractivity contribution in [2.24, 2.45) is 22.9 Å². The third-order valence-electron chi connectivity index (χ3n) is 11.4. The number of aliphatic hydroxyl groups is 2. The van der Waals surface area contributed by atoms with Crippen LogP contribution < -0.4 is 9.47 Å². The first kappa shape index (κ1) is 42.7. The van der Waals surface area contributed by atoms with Crippen LogP contribution in [0.15, 0.2) is 101 Å². The molecule has 1 saturated carbocycles. The summed E-state index contributed by atoms with van der Waals surface area (Å²) in [6, 6.07) is 19.1. The molecule has 58 heavy (non-hydrogen) atoms. The van der Waals surface area contributed by atoms with Gasteiger partial charge < -0.3 is 38.9 Å². The van der Waals surface area contributed by atoms with E-state index in [1.54, 1.807) is 37.0 Å². The summed E-state index contributed by atoms with van der Waals surface area (Å²) < 4.78 is 25.7. The molecule has 1 aliphatic heterocycles. The highest BCUT2D eigenvalue weighted by atomic mass is 32.2. The van der Waals surface area contributed by atoms with Gasteiger partial charge in [-0.2, -0.15) is 0 Å². The number of nitro benzene ring substituents is 1. The maximum atomic E-state index is 13.4. The Balaban J connectivity index is 1.52. The second-order valence-corrected chi connectivity index (χ2v) is 15.7. The molecule has 1 amide bonds. The van der Waals surface area contributed by atoms with E-state index >= 15 is 0 Å². The normalized spacial score (nSPS) is 23.8. The number of aliphatic hydroxyl groups excluding tert-OH is 2. The number of methoxy groups -OCH3 is 1. The maximum Gasteiger partial charge on any atom is 0.409 e. The number of oxime groups is 1. The Morgan fingerprint density at radius 1 is 1.05 bits per heavy atom. The number of nitrogens with zero attached hydrogens (tertiary/aromatic N) is 3. The van der Waals surface area contributed by atoms with E-state index in [1.807, 2.05) is 48.7 Å². The second-order valence-electron chi connectivity index (χ2n) is 14.8. The minimum absolute atomic E-state index is 0.0225. The van der Waals surface area contributed by atoms with Gasteiger partial charge in [0, 0.05) is 55.2 Å². The van der Waals surface area contributed by atoms with Gasteiger partial charge in [0.1, 0.15) is 29.9 Å². The van der Waals surface area contributed by atoms with Crippen molar-refractivity contribution in [3.63, 3.8) is 0 Å². The Morgan fingerprint density at radius 3 is 2.41 bits per heavy atom. The number of carbonyl (C=O) groups is 1. The van der Waals surface area contributed by atoms with Crippen molar-refractivity contribution >= 4 is 29.3 Å². The number of rotatable bonds is 19. The van der Waals surface area contributed by atoms with Crippen LogP contribution in [0.2, 0.25) is 0 Å². The average molecular weight is 816 g/mol. The van der Waals surface area contributed by atoms with Gasteiger partial charge in [-0.25, -0.2) is 4.79 Å². The predicted octanol–water partition coefficient (Wildman–Crippen LogP) is 8.64. The predicted molar refractivity (Wildman–Crippen MR) is 221 cm³/mol. The average Bonchev–Trinajstić information content (AvgIpc) is 3.24. The Labute approximate surface area is 343 Å². The molecule has 2 aliphatic carbocycles. The molecule has 2 N–H and O–H groups in total. The first-order chi connectivity index (χ1) is 28.2. The van der Waals surface area contributed by atoms with Crippen molar-refractivity contribution in [1.29, 1.82) is 0 Å². The number of likely N-dealkylation sites (N-methyl/N-ethyl adjacent to an activating group) is 1. The molecule has 14 heteroatoms. The number of hydrogen-bond acceptors (Lipinski definition) is 12. The number of allylic oxidation sites excluding steroid dienone is 1. The van der Waals surface area contributed by atoms with E-state index in [0.717, 1.165) is 41.7 Å². The molecule has 1 heterocycles. The van der Waals surface area contributed by atoms with Gasteiger partial charge in [-0.15, -0.1) is 18.3 Å². The van der Waals surface area contributed by atoms with Gasteiger partial charge in [-0.1, -0.05) is 30.1 Å². The Kier molecular flexibility index (Phi) is 14.5. The largest absolute Gasteiger partial charge is 0.459 e. The lowest BCUT2D eigenvalue weighted by atomic mass is 9.55. The summed E-state index contributed by atoms with van der Waals surface area (Å²) in [5.41, 5.74) is 3.10. The molecule has 6 rings (SSSR count). The Hall–Kier alpha value is -4.89. The zero-order chi connectivity index (χ0) is 41.2. The zero-order valence-corrected chi connectivity index (χ0v) is 34.1. The number of thioether (sulfide) groups is 1. The first-order valence-corrected chi connectivity index (χ1v) is 21.0. The minimum atomic E-state index is -1.42. The summed E-state index contributed by atoms with van der Waals surface area (Å²) in [7, 11) is 2.99. The lowest BCUT2D eigenvalue weighted by Gasteiger charge is -2.59. The van der Waals surface area contributed by atoms with Crippen LogP contribution in [-0.2, 0) is 20.9 Å². The van der Waals surface area contributed by atoms with Crippen LogP contribution >= 0.6 is 11.8 Å². The smallest absolute Gasteiger partial charge is 0.409 e. The van der Waals surface area contributed by atoms with E-state index in [9.17, 15) is 25.1 Å². The molecule has 0 bridgehead atoms. The number of benzene rings is 3. The zero-order valence-electron chi connectivity index (χ0n) is 33.3. The molecule has 3 aromatic rings. The number of fused-ring (bicyclic) bond motifs is 2. The second kappa shape index (κ2) is 19.7. The number of ether oxygens (including phenoxy) is 4. The lowest BCUT2D eigenvalue weighted by Crippen LogP contribution is -2.69. The highest BCUT2D eigenvalue weighted by Crippen LogP contribution is 2.62. The highest BCUT2D eigenvalue weighted by Gasteiger charge is 2.65. The van der Waals surface area contributed by atoms with Gasteiger partial charge in [0.15, 0.2) is 0 Å². The van der Waals surface area contributed by atoms with E-state index in [2.05, 4.69) is 12.7 Å². The minimum Gasteiger partial charge on any atom is -0.459 e. The summed E-state index contributed by atoms with van der Waals surface area (Å²) in [6.07, 6.45) is 10.0. The summed E-state index contributed by atoms with van der Waals surface area (Å²) in [6.45, 7) is 4.30. The molecule has 0 aromatic heterocycles. The molecule has 3 aliphatic rings. The number of unbranched alkanes of at least 4 members (excludes halogenated alkanes) is 2. The van der Waals surface area contributed by atoms with E-state index in [0.29, 0.717) is 41.4 Å². The lowest BCUT2D eigenvalue weighted by molar-refractivity contribution is -0.384. The van der Waals surface area contributed by atoms with E-state index in [1.165, 1.54) is 24.1 Å². The number of non-ortho nitro benzene ring substituents is 1. The van der Waals surface area contributed by atoms with Gasteiger partial charge in [0.2, 0.25) is 5.79 Å². The van der Waals surface area contributed by atoms with Crippen molar-refractivity contribution in [2.75, 3.05) is 40.2 Å². The van der Waals surface area contributed by atoms with Crippen LogP contribution in [0.5, 0.6) is 17.2 Å². The fourth-order valence-corrected chi connectivity index (χ4v) is 9.15. The van der Waals surface area contributed by atoms with Gasteiger partial charge in [-0.05, 0) is 110 Å². The molecule has 310 valence electrons. The molecule has 0 radical (unpaired) electrons. The standard InChI is InChI=1S/C44H53N3O10S/c1-5-24-54-44-40(46(2)43(50)53-3)27-38(45-55-28-29-12-14-31(15-13-29)47(51)52)36-25-30(10-6-8-22-48)35(11-7-9-23-49)41(42(36)44)37-26-33(18-21-39(37)57-44)56-32-16-19-34(58-4)20-17-32/h5,12-21,25-26,30,35,40-42,48-49H,1,6-11,22-24,27-28H2,2-4H3/t30-,35+,40-,41+,42+,44+/m0/s1. The van der Waals surface area contributed by atoms with Crippen LogP contribution in [0.1, 0.15) is 62.0 Å². The highest BCUT2D eigenvalue weighted by molar-refractivity contribution is 7.98. The molecule has 13 nitrogen and oxygen atoms in total. The van der Waals surface area contributed by atoms with Crippen molar-refractivity contribution < 1.29 is 43.7 Å². The molecule has 3 aromatic carbocycles. The molecule has 1 fully saturated rings. The fraction of sp³-hybridized carbons (Fsp3) is 0.455. The number of hydrogen-bond donors (Lipinski definition) is 2. The molecule has 0 spiro atoms. The molecule has 6 atom stereocenters. The van der Waals surface area contributed by atoms with E-state index in [4.69, 9.17) is 28.9 Å².